The molecule has 0 aliphatic heterocycles. The summed E-state index contributed by atoms with van der Waals surface area (Å²) >= 11 is 6.04. The Balaban J connectivity index is 2.47. The Kier molecular flexibility index (Phi) is 4.40. The first-order valence-electron chi connectivity index (χ1n) is 6.06. The summed E-state index contributed by atoms with van der Waals surface area (Å²) in [5, 5.41) is 0.318. The Morgan fingerprint density at radius 3 is 2.63 bits per heavy atom. The number of hydrogen-bond acceptors (Lipinski definition) is 2. The zero-order chi connectivity index (χ0) is 13.8. The Morgan fingerprint density at radius 1 is 1.21 bits per heavy atom. The molecule has 2 rings (SSSR count). The highest BCUT2D eigenvalue weighted by Crippen LogP contribution is 2.33. The minimum Gasteiger partial charge on any atom is -0.494 e. The predicted octanol–water partition coefficient (Wildman–Crippen LogP) is 3.93. The number of ether oxygens (including phenoxy) is 1. The molecule has 0 radical (unpaired) electrons. The van der Waals surface area contributed by atoms with Gasteiger partial charge in [0.1, 0.15) is 11.6 Å². The largest absolute Gasteiger partial charge is 0.494 e. The molecule has 100 valence electrons. The van der Waals surface area contributed by atoms with Crippen LogP contribution in [0.25, 0.3) is 0 Å². The molecule has 2 nitrogen and oxygen atoms in total. The quantitative estimate of drug-likeness (QED) is 0.920. The highest BCUT2D eigenvalue weighted by atomic mass is 35.5. The topological polar surface area (TPSA) is 35.2 Å². The van der Waals surface area contributed by atoms with Crippen molar-refractivity contribution in [2.45, 2.75) is 13.0 Å². The van der Waals surface area contributed by atoms with E-state index in [0.717, 1.165) is 5.56 Å². The van der Waals surface area contributed by atoms with Crippen LogP contribution in [0.2, 0.25) is 5.02 Å². The molecule has 4 heteroatoms. The van der Waals surface area contributed by atoms with E-state index in [4.69, 9.17) is 22.1 Å². The van der Waals surface area contributed by atoms with E-state index in [1.807, 2.05) is 31.2 Å². The van der Waals surface area contributed by atoms with Crippen LogP contribution in [-0.4, -0.2) is 6.61 Å². The second-order valence-electron chi connectivity index (χ2n) is 4.08. The molecular weight excluding hydrogens is 265 g/mol. The number of para-hydroxylation sites is 1. The van der Waals surface area contributed by atoms with Crippen LogP contribution in [0.3, 0.4) is 0 Å². The summed E-state index contributed by atoms with van der Waals surface area (Å²) in [4.78, 5) is 0. The molecule has 1 atom stereocenters. The SMILES string of the molecule is CCOc1ccccc1C(N)c1c(F)cccc1Cl. The molecular formula is C15H15ClFNO. The molecule has 0 aliphatic carbocycles. The van der Waals surface area contributed by atoms with E-state index in [9.17, 15) is 4.39 Å². The van der Waals surface area contributed by atoms with Gasteiger partial charge in [-0.2, -0.15) is 0 Å². The molecule has 0 aromatic heterocycles. The predicted molar refractivity (Wildman–Crippen MR) is 75.1 cm³/mol. The van der Waals surface area contributed by atoms with Crippen LogP contribution < -0.4 is 10.5 Å². The standard InChI is InChI=1S/C15H15ClFNO/c1-2-19-13-9-4-3-6-10(13)15(18)14-11(16)7-5-8-12(14)17/h3-9,15H,2,18H2,1H3. The Labute approximate surface area is 117 Å². The van der Waals surface area contributed by atoms with Gasteiger partial charge in [0.25, 0.3) is 0 Å². The lowest BCUT2D eigenvalue weighted by Crippen LogP contribution is -2.15. The molecule has 0 spiro atoms. The van der Waals surface area contributed by atoms with Crippen LogP contribution in [0, 0.1) is 5.82 Å². The average Bonchev–Trinajstić information content (AvgIpc) is 2.39. The Morgan fingerprint density at radius 2 is 1.95 bits per heavy atom. The molecule has 0 aliphatic rings. The second kappa shape index (κ2) is 6.04. The van der Waals surface area contributed by atoms with Crippen molar-refractivity contribution in [2.75, 3.05) is 6.61 Å². The average molecular weight is 280 g/mol. The number of hydrogen-bond donors (Lipinski definition) is 1. The number of rotatable bonds is 4. The smallest absolute Gasteiger partial charge is 0.129 e. The maximum absolute atomic E-state index is 13.9. The van der Waals surface area contributed by atoms with Crippen molar-refractivity contribution in [2.24, 2.45) is 5.73 Å². The number of halogens is 2. The maximum atomic E-state index is 13.9. The fourth-order valence-corrected chi connectivity index (χ4v) is 2.27. The van der Waals surface area contributed by atoms with Crippen LogP contribution in [0.1, 0.15) is 24.1 Å². The highest BCUT2D eigenvalue weighted by Gasteiger charge is 2.19. The van der Waals surface area contributed by atoms with Crippen molar-refractivity contribution in [3.8, 4) is 5.75 Å². The molecule has 0 heterocycles. The van der Waals surface area contributed by atoms with Gasteiger partial charge in [0.05, 0.1) is 12.6 Å². The summed E-state index contributed by atoms with van der Waals surface area (Å²) in [6, 6.07) is 11.2. The van der Waals surface area contributed by atoms with Crippen LogP contribution in [-0.2, 0) is 0 Å². The molecule has 0 amide bonds. The summed E-state index contributed by atoms with van der Waals surface area (Å²) in [6.45, 7) is 2.41. The summed E-state index contributed by atoms with van der Waals surface area (Å²) in [7, 11) is 0. The van der Waals surface area contributed by atoms with Crippen molar-refractivity contribution >= 4 is 11.6 Å². The van der Waals surface area contributed by atoms with Crippen LogP contribution in [0.5, 0.6) is 5.75 Å². The van der Waals surface area contributed by atoms with Gasteiger partial charge >= 0.3 is 0 Å². The molecule has 0 saturated carbocycles. The van der Waals surface area contributed by atoms with E-state index >= 15 is 0 Å². The third-order valence-electron chi connectivity index (χ3n) is 2.86. The van der Waals surface area contributed by atoms with E-state index < -0.39 is 11.9 Å². The summed E-state index contributed by atoms with van der Waals surface area (Å²) in [5.41, 5.74) is 7.15. The lowest BCUT2D eigenvalue weighted by atomic mass is 9.98. The van der Waals surface area contributed by atoms with Crippen LogP contribution in [0.15, 0.2) is 42.5 Å². The second-order valence-corrected chi connectivity index (χ2v) is 4.49. The normalized spacial score (nSPS) is 12.2. The van der Waals surface area contributed by atoms with Gasteiger partial charge in [0.2, 0.25) is 0 Å². The van der Waals surface area contributed by atoms with Gasteiger partial charge in [-0.1, -0.05) is 35.9 Å². The van der Waals surface area contributed by atoms with Crippen molar-refractivity contribution in [1.29, 1.82) is 0 Å². The lowest BCUT2D eigenvalue weighted by Gasteiger charge is -2.18. The minimum absolute atomic E-state index is 0.288. The van der Waals surface area contributed by atoms with Gasteiger partial charge < -0.3 is 10.5 Å². The number of benzene rings is 2. The van der Waals surface area contributed by atoms with Gasteiger partial charge in [-0.25, -0.2) is 4.39 Å². The Bertz CT molecular complexity index is 554. The lowest BCUT2D eigenvalue weighted by molar-refractivity contribution is 0.335. The van der Waals surface area contributed by atoms with E-state index in [1.54, 1.807) is 12.1 Å². The third-order valence-corrected chi connectivity index (χ3v) is 3.19. The number of nitrogens with two attached hydrogens (primary N) is 1. The molecule has 2 aromatic rings. The van der Waals surface area contributed by atoms with Gasteiger partial charge in [-0.3, -0.25) is 0 Å². The van der Waals surface area contributed by atoms with E-state index in [-0.39, 0.29) is 5.56 Å². The van der Waals surface area contributed by atoms with Crippen molar-refractivity contribution in [3.63, 3.8) is 0 Å². The minimum atomic E-state index is -0.656. The van der Waals surface area contributed by atoms with Gasteiger partial charge in [-0.05, 0) is 25.1 Å². The highest BCUT2D eigenvalue weighted by molar-refractivity contribution is 6.31. The van der Waals surface area contributed by atoms with Gasteiger partial charge in [0, 0.05) is 16.1 Å². The van der Waals surface area contributed by atoms with E-state index in [1.165, 1.54) is 6.07 Å². The summed E-state index contributed by atoms with van der Waals surface area (Å²) in [5.74, 6) is 0.239. The third kappa shape index (κ3) is 2.88. The maximum Gasteiger partial charge on any atom is 0.129 e. The zero-order valence-electron chi connectivity index (χ0n) is 10.6. The first-order chi connectivity index (χ1) is 9.15. The van der Waals surface area contributed by atoms with E-state index in [2.05, 4.69) is 0 Å². The molecule has 2 aromatic carbocycles. The summed E-state index contributed by atoms with van der Waals surface area (Å²) in [6.07, 6.45) is 0. The molecule has 0 saturated heterocycles. The van der Waals surface area contributed by atoms with Crippen LogP contribution in [0.4, 0.5) is 4.39 Å². The fourth-order valence-electron chi connectivity index (χ4n) is 1.99. The van der Waals surface area contributed by atoms with Crippen molar-refractivity contribution < 1.29 is 9.13 Å². The van der Waals surface area contributed by atoms with Crippen molar-refractivity contribution in [3.05, 3.63) is 64.4 Å². The van der Waals surface area contributed by atoms with Gasteiger partial charge in [-0.15, -0.1) is 0 Å². The first kappa shape index (κ1) is 13.8. The van der Waals surface area contributed by atoms with Crippen LogP contribution >= 0.6 is 11.6 Å². The molecule has 2 N–H and O–H groups in total. The first-order valence-corrected chi connectivity index (χ1v) is 6.44. The monoisotopic (exact) mass is 279 g/mol. The molecule has 1 unspecified atom stereocenters. The van der Waals surface area contributed by atoms with E-state index in [0.29, 0.717) is 17.4 Å². The molecule has 19 heavy (non-hydrogen) atoms. The summed E-state index contributed by atoms with van der Waals surface area (Å²) < 4.78 is 19.4. The van der Waals surface area contributed by atoms with Crippen molar-refractivity contribution in [1.82, 2.24) is 0 Å². The fraction of sp³-hybridized carbons (Fsp3) is 0.200. The molecule has 0 bridgehead atoms. The zero-order valence-corrected chi connectivity index (χ0v) is 11.3. The Hall–Kier alpha value is -1.58. The van der Waals surface area contributed by atoms with Gasteiger partial charge in [0.15, 0.2) is 0 Å². The molecule has 0 fully saturated rings.